The summed E-state index contributed by atoms with van der Waals surface area (Å²) in [6.07, 6.45) is 14.5. The molecule has 0 heterocycles. The molecule has 0 bridgehead atoms. The largest absolute Gasteiger partial charge is 0.174 e. The number of hydrogen-bond acceptors (Lipinski definition) is 0. The fraction of sp³-hybridized carbons (Fsp3) is 0.667. The van der Waals surface area contributed by atoms with Gasteiger partial charge in [-0.05, 0) is 88.5 Å². The first-order valence-electron chi connectivity index (χ1n) is 9.42. The van der Waals surface area contributed by atoms with E-state index in [1.807, 2.05) is 0 Å². The van der Waals surface area contributed by atoms with Crippen molar-refractivity contribution >= 4 is 12.6 Å². The number of aryl methyl sites for hydroxylation is 2. The summed E-state index contributed by atoms with van der Waals surface area (Å²) in [4.78, 5) is 0. The Hall–Kier alpha value is -0.350. The van der Waals surface area contributed by atoms with Crippen LogP contribution in [0.3, 0.4) is 0 Å². The van der Waals surface area contributed by atoms with Gasteiger partial charge in [0.15, 0.2) is 0 Å². The molecule has 0 spiro atoms. The van der Waals surface area contributed by atoms with Crippen LogP contribution in [0.15, 0.2) is 18.2 Å². The van der Waals surface area contributed by atoms with E-state index in [9.17, 15) is 0 Å². The van der Waals surface area contributed by atoms with Gasteiger partial charge < -0.3 is 0 Å². The summed E-state index contributed by atoms with van der Waals surface area (Å²) in [7, 11) is -1.28. The van der Waals surface area contributed by atoms with Crippen LogP contribution in [0.25, 0.3) is 0 Å². The average molecular weight is 316 g/mol. The Bertz CT molecular complexity index is 454. The molecule has 0 unspecified atom stereocenters. The normalized spacial score (nSPS) is 22.0. The van der Waals surface area contributed by atoms with Crippen LogP contribution in [-0.2, 0) is 0 Å². The van der Waals surface area contributed by atoms with Gasteiger partial charge in [-0.3, -0.25) is 0 Å². The third kappa shape index (κ3) is 3.28. The van der Waals surface area contributed by atoms with Crippen molar-refractivity contribution in [2.45, 2.75) is 89.4 Å². The molecule has 3 rings (SSSR count). The minimum Gasteiger partial charge on any atom is -0.174 e. The molecule has 2 aliphatic rings. The van der Waals surface area contributed by atoms with Crippen molar-refractivity contribution in [1.29, 1.82) is 0 Å². The molecule has 1 aromatic carbocycles. The highest BCUT2D eigenvalue weighted by Gasteiger charge is 2.44. The highest BCUT2D eigenvalue weighted by molar-refractivity contribution is 7.85. The molecule has 0 N–H and O–H groups in total. The summed E-state index contributed by atoms with van der Waals surface area (Å²) >= 11 is 0. The topological polar surface area (TPSA) is 0 Å². The van der Waals surface area contributed by atoms with Crippen molar-refractivity contribution < 1.29 is 0 Å². The van der Waals surface area contributed by atoms with Gasteiger partial charge in [0.1, 0.15) is 0 Å². The monoisotopic (exact) mass is 316 g/mol. The summed E-state index contributed by atoms with van der Waals surface area (Å²) in [5, 5.41) is 1.66. The third-order valence-corrected chi connectivity index (χ3v) is 11.0. The van der Waals surface area contributed by atoms with Gasteiger partial charge in [-0.2, -0.15) is 6.66 Å². The Balaban J connectivity index is 2.00. The second kappa shape index (κ2) is 7.04. The molecule has 1 aromatic rings. The summed E-state index contributed by atoms with van der Waals surface area (Å²) in [5.41, 5.74) is 4.69. The van der Waals surface area contributed by atoms with Crippen molar-refractivity contribution in [2.24, 2.45) is 0 Å². The van der Waals surface area contributed by atoms with Crippen LogP contribution in [0, 0.1) is 20.5 Å². The predicted molar refractivity (Wildman–Crippen MR) is 102 cm³/mol. The van der Waals surface area contributed by atoms with E-state index in [0.29, 0.717) is 0 Å². The lowest BCUT2D eigenvalue weighted by atomic mass is 9.99. The molecule has 0 nitrogen and oxygen atoms in total. The maximum atomic E-state index is 5.08. The van der Waals surface area contributed by atoms with Crippen LogP contribution in [0.2, 0.25) is 0 Å². The number of hydrogen-bond donors (Lipinski definition) is 0. The van der Waals surface area contributed by atoms with E-state index in [1.165, 1.54) is 75.3 Å². The molecule has 1 heteroatoms. The number of rotatable bonds is 3. The average Bonchev–Trinajstić information content (AvgIpc) is 2.55. The zero-order valence-electron chi connectivity index (χ0n) is 14.6. The molecule has 0 saturated heterocycles. The number of benzene rings is 1. The first-order valence-corrected chi connectivity index (χ1v) is 11.5. The van der Waals surface area contributed by atoms with Gasteiger partial charge in [-0.25, -0.2) is 0 Å². The van der Waals surface area contributed by atoms with Gasteiger partial charge in [0, 0.05) is 11.3 Å². The first-order chi connectivity index (χ1) is 10.6. The minimum absolute atomic E-state index is 0.908. The Labute approximate surface area is 138 Å². The van der Waals surface area contributed by atoms with Crippen molar-refractivity contribution in [3.63, 3.8) is 0 Å². The fourth-order valence-corrected chi connectivity index (χ4v) is 9.90. The Morgan fingerprint density at radius 2 is 1.14 bits per heavy atom. The smallest absolute Gasteiger partial charge is 0.0656 e. The van der Waals surface area contributed by atoms with Crippen LogP contribution in [0.4, 0.5) is 0 Å². The Morgan fingerprint density at radius 1 is 0.727 bits per heavy atom. The quantitative estimate of drug-likeness (QED) is 0.447. The molecule has 122 valence electrons. The first kappa shape index (κ1) is 16.5. The van der Waals surface area contributed by atoms with Crippen LogP contribution >= 0.6 is 7.26 Å². The molecule has 0 atom stereocenters. The molecular weight excluding hydrogens is 283 g/mol. The van der Waals surface area contributed by atoms with E-state index in [-0.39, 0.29) is 0 Å². The molecular formula is C21H33P. The van der Waals surface area contributed by atoms with Gasteiger partial charge in [0.05, 0.1) is 5.30 Å². The lowest BCUT2D eigenvalue weighted by Crippen LogP contribution is -2.33. The standard InChI is InChI=1S/C21H33P/c1-17-14-18(2)16-21(15-17)22(3,19-10-6-4-7-11-19)20-12-8-5-9-13-20/h14-16,19-20H,3-13H2,1-2H3. The van der Waals surface area contributed by atoms with Crippen molar-refractivity contribution in [3.05, 3.63) is 36.0 Å². The Kier molecular flexibility index (Phi) is 5.28. The second-order valence-electron chi connectivity index (χ2n) is 7.86. The van der Waals surface area contributed by atoms with Gasteiger partial charge >= 0.3 is 0 Å². The lowest BCUT2D eigenvalue weighted by molar-refractivity contribution is 0.483. The zero-order valence-corrected chi connectivity index (χ0v) is 15.5. The van der Waals surface area contributed by atoms with Gasteiger partial charge in [0.2, 0.25) is 0 Å². The highest BCUT2D eigenvalue weighted by Crippen LogP contribution is 2.70. The fourth-order valence-electron chi connectivity index (χ4n) is 4.99. The molecule has 2 aliphatic carbocycles. The van der Waals surface area contributed by atoms with Crippen molar-refractivity contribution in [1.82, 2.24) is 0 Å². The van der Waals surface area contributed by atoms with Crippen LogP contribution in [-0.4, -0.2) is 11.3 Å². The summed E-state index contributed by atoms with van der Waals surface area (Å²) in [6.45, 7) is 9.61. The second-order valence-corrected chi connectivity index (χ2v) is 11.7. The third-order valence-electron chi connectivity index (χ3n) is 6.14. The van der Waals surface area contributed by atoms with Crippen molar-refractivity contribution in [3.8, 4) is 0 Å². The van der Waals surface area contributed by atoms with E-state index in [4.69, 9.17) is 6.66 Å². The Morgan fingerprint density at radius 3 is 1.55 bits per heavy atom. The SMILES string of the molecule is [CH2-][P+](c1cc(C)cc(C)c1)(C1CCCCC1)C1CCCCC1. The zero-order chi connectivity index (χ0) is 15.6. The van der Waals surface area contributed by atoms with E-state index < -0.39 is 7.26 Å². The molecule has 0 aromatic heterocycles. The summed E-state index contributed by atoms with van der Waals surface area (Å²) in [5.74, 6) is 0. The predicted octanol–water partition coefficient (Wildman–Crippen LogP) is 6.40. The summed E-state index contributed by atoms with van der Waals surface area (Å²) < 4.78 is 0. The van der Waals surface area contributed by atoms with Crippen LogP contribution < -0.4 is 5.30 Å². The van der Waals surface area contributed by atoms with E-state index in [0.717, 1.165) is 11.3 Å². The molecule has 0 amide bonds. The van der Waals surface area contributed by atoms with E-state index >= 15 is 0 Å². The van der Waals surface area contributed by atoms with Crippen molar-refractivity contribution in [2.75, 3.05) is 0 Å². The minimum atomic E-state index is -1.28. The van der Waals surface area contributed by atoms with Gasteiger partial charge in [-0.15, -0.1) is 0 Å². The van der Waals surface area contributed by atoms with Crippen LogP contribution in [0.5, 0.6) is 0 Å². The lowest BCUT2D eigenvalue weighted by Gasteiger charge is -2.47. The van der Waals surface area contributed by atoms with E-state index in [2.05, 4.69) is 32.0 Å². The summed E-state index contributed by atoms with van der Waals surface area (Å²) in [6, 6.07) is 7.32. The van der Waals surface area contributed by atoms with Gasteiger partial charge in [0.25, 0.3) is 0 Å². The molecule has 22 heavy (non-hydrogen) atoms. The van der Waals surface area contributed by atoms with Gasteiger partial charge in [-0.1, -0.05) is 26.2 Å². The molecule has 0 aliphatic heterocycles. The molecule has 2 saturated carbocycles. The highest BCUT2D eigenvalue weighted by atomic mass is 31.2. The maximum absolute atomic E-state index is 5.08. The molecule has 0 radical (unpaired) electrons. The van der Waals surface area contributed by atoms with E-state index in [1.54, 1.807) is 5.30 Å². The molecule has 2 fully saturated rings. The van der Waals surface area contributed by atoms with Crippen LogP contribution in [0.1, 0.15) is 75.3 Å². The maximum Gasteiger partial charge on any atom is 0.0656 e.